The lowest BCUT2D eigenvalue weighted by molar-refractivity contribution is -0.126. The fraction of sp³-hybridized carbons (Fsp3) is 0.0500. The van der Waals surface area contributed by atoms with E-state index in [-0.39, 0.29) is 18.4 Å². The van der Waals surface area contributed by atoms with Gasteiger partial charge in [-0.1, -0.05) is 84.7 Å². The third-order valence-corrected chi connectivity index (χ3v) is 4.96. The Morgan fingerprint density at radius 2 is 1.73 bits per heavy atom. The maximum atomic E-state index is 12.5. The van der Waals surface area contributed by atoms with Crippen molar-refractivity contribution in [1.29, 1.82) is 0 Å². The molecule has 2 aromatic carbocycles. The van der Waals surface area contributed by atoms with E-state index in [0.29, 0.717) is 14.9 Å². The van der Waals surface area contributed by atoms with Crippen LogP contribution in [0.2, 0.25) is 0 Å². The zero-order valence-electron chi connectivity index (χ0n) is 13.8. The molecule has 0 bridgehead atoms. The molecule has 3 rings (SSSR count). The Balaban J connectivity index is 1.62. The van der Waals surface area contributed by atoms with Gasteiger partial charge in [0, 0.05) is 5.69 Å². The summed E-state index contributed by atoms with van der Waals surface area (Å²) in [6.07, 6.45) is 5.45. The molecule has 1 aliphatic rings. The number of amides is 2. The summed E-state index contributed by atoms with van der Waals surface area (Å²) >= 11 is 6.45. The van der Waals surface area contributed by atoms with Crippen LogP contribution < -0.4 is 5.32 Å². The summed E-state index contributed by atoms with van der Waals surface area (Å²) < 4.78 is 0.387. The summed E-state index contributed by atoms with van der Waals surface area (Å²) in [6, 6.07) is 18.9. The molecule has 2 amide bonds. The van der Waals surface area contributed by atoms with Crippen LogP contribution in [0.15, 0.2) is 77.7 Å². The summed E-state index contributed by atoms with van der Waals surface area (Å²) in [5.74, 6) is -0.533. The quantitative estimate of drug-likeness (QED) is 0.627. The molecule has 6 heteroatoms. The lowest BCUT2D eigenvalue weighted by Crippen LogP contribution is -2.36. The summed E-state index contributed by atoms with van der Waals surface area (Å²) in [6.45, 7) is -0.0979. The Morgan fingerprint density at radius 3 is 2.42 bits per heavy atom. The molecule has 0 aromatic heterocycles. The lowest BCUT2D eigenvalue weighted by atomic mass is 10.2. The highest BCUT2D eigenvalue weighted by molar-refractivity contribution is 8.26. The number of thioether (sulfide) groups is 1. The first-order valence-electron chi connectivity index (χ1n) is 7.95. The predicted molar refractivity (Wildman–Crippen MR) is 111 cm³/mol. The van der Waals surface area contributed by atoms with E-state index in [4.69, 9.17) is 12.2 Å². The van der Waals surface area contributed by atoms with Gasteiger partial charge < -0.3 is 5.32 Å². The van der Waals surface area contributed by atoms with Gasteiger partial charge in [-0.25, -0.2) is 0 Å². The first kappa shape index (κ1) is 18.1. The van der Waals surface area contributed by atoms with E-state index in [0.717, 1.165) is 5.56 Å². The van der Waals surface area contributed by atoms with Crippen LogP contribution in [0, 0.1) is 0 Å². The van der Waals surface area contributed by atoms with Crippen molar-refractivity contribution in [3.63, 3.8) is 0 Å². The van der Waals surface area contributed by atoms with Crippen molar-refractivity contribution >= 4 is 51.9 Å². The number of hydrogen-bond donors (Lipinski definition) is 1. The molecule has 1 N–H and O–H groups in total. The first-order valence-corrected chi connectivity index (χ1v) is 9.18. The number of anilines is 1. The number of carbonyl (C=O) groups excluding carboxylic acids is 2. The molecule has 1 saturated heterocycles. The van der Waals surface area contributed by atoms with Crippen LogP contribution in [-0.4, -0.2) is 27.6 Å². The summed E-state index contributed by atoms with van der Waals surface area (Å²) in [7, 11) is 0. The van der Waals surface area contributed by atoms with Gasteiger partial charge in [-0.05, 0) is 23.8 Å². The number of allylic oxidation sites excluding steroid dienone is 2. The van der Waals surface area contributed by atoms with Crippen LogP contribution in [0.3, 0.4) is 0 Å². The van der Waals surface area contributed by atoms with Gasteiger partial charge in [0.05, 0.1) is 4.91 Å². The third kappa shape index (κ3) is 4.68. The number of benzene rings is 2. The van der Waals surface area contributed by atoms with Gasteiger partial charge in [-0.2, -0.15) is 0 Å². The molecule has 26 heavy (non-hydrogen) atoms. The van der Waals surface area contributed by atoms with Crippen molar-refractivity contribution < 1.29 is 9.59 Å². The van der Waals surface area contributed by atoms with Crippen LogP contribution >= 0.6 is 24.0 Å². The number of hydrogen-bond acceptors (Lipinski definition) is 4. The Morgan fingerprint density at radius 1 is 1.08 bits per heavy atom. The van der Waals surface area contributed by atoms with Crippen LogP contribution in [-0.2, 0) is 9.59 Å². The number of rotatable bonds is 5. The van der Waals surface area contributed by atoms with E-state index >= 15 is 0 Å². The predicted octanol–water partition coefficient (Wildman–Crippen LogP) is 4.08. The molecule has 0 radical (unpaired) electrons. The maximum absolute atomic E-state index is 12.5. The van der Waals surface area contributed by atoms with E-state index in [1.54, 1.807) is 18.2 Å². The van der Waals surface area contributed by atoms with E-state index in [9.17, 15) is 9.59 Å². The Bertz CT molecular complexity index is 877. The van der Waals surface area contributed by atoms with Gasteiger partial charge in [0.15, 0.2) is 0 Å². The number of nitrogens with zero attached hydrogens (tertiary/aromatic N) is 1. The summed E-state index contributed by atoms with van der Waals surface area (Å²) in [5.41, 5.74) is 1.73. The fourth-order valence-corrected chi connectivity index (χ4v) is 3.53. The molecule has 1 heterocycles. The lowest BCUT2D eigenvalue weighted by Gasteiger charge is -2.14. The number of thiocarbonyl (C=S) groups is 1. The van der Waals surface area contributed by atoms with Crippen LogP contribution in [0.4, 0.5) is 5.69 Å². The molecule has 4 nitrogen and oxygen atoms in total. The molecular formula is C20H16N2O2S2. The van der Waals surface area contributed by atoms with Gasteiger partial charge in [0.2, 0.25) is 5.91 Å². The highest BCUT2D eigenvalue weighted by atomic mass is 32.2. The van der Waals surface area contributed by atoms with Gasteiger partial charge in [-0.15, -0.1) is 0 Å². The third-order valence-electron chi connectivity index (χ3n) is 3.57. The average Bonchev–Trinajstić information content (AvgIpc) is 2.91. The average molecular weight is 380 g/mol. The molecule has 0 unspecified atom stereocenters. The number of nitrogens with one attached hydrogen (secondary N) is 1. The zero-order chi connectivity index (χ0) is 18.4. The smallest absolute Gasteiger partial charge is 0.266 e. The van der Waals surface area contributed by atoms with Crippen molar-refractivity contribution in [2.75, 3.05) is 11.9 Å². The van der Waals surface area contributed by atoms with Gasteiger partial charge in [0.1, 0.15) is 10.9 Å². The second-order valence-electron chi connectivity index (χ2n) is 5.47. The highest BCUT2D eigenvalue weighted by Gasteiger charge is 2.32. The minimum absolute atomic E-state index is 0.0979. The number of carbonyl (C=O) groups is 2. The molecule has 1 fully saturated rings. The molecule has 0 aliphatic carbocycles. The Hall–Kier alpha value is -2.70. The van der Waals surface area contributed by atoms with Gasteiger partial charge >= 0.3 is 0 Å². The largest absolute Gasteiger partial charge is 0.325 e. The fourth-order valence-electron chi connectivity index (χ4n) is 2.33. The normalized spacial score (nSPS) is 15.8. The molecule has 2 aromatic rings. The highest BCUT2D eigenvalue weighted by Crippen LogP contribution is 2.30. The van der Waals surface area contributed by atoms with Crippen LogP contribution in [0.5, 0.6) is 0 Å². The van der Waals surface area contributed by atoms with Crippen LogP contribution in [0.1, 0.15) is 5.56 Å². The monoisotopic (exact) mass is 380 g/mol. The van der Waals surface area contributed by atoms with Crippen molar-refractivity contribution in [1.82, 2.24) is 4.90 Å². The van der Waals surface area contributed by atoms with Crippen molar-refractivity contribution in [2.24, 2.45) is 0 Å². The second-order valence-corrected chi connectivity index (χ2v) is 7.15. The first-order chi connectivity index (χ1) is 12.6. The van der Waals surface area contributed by atoms with E-state index in [2.05, 4.69) is 5.32 Å². The SMILES string of the molecule is O=C(CN1C(=O)/C(=C\C=C\c2ccccc2)SC1=S)Nc1ccccc1. The molecule has 0 spiro atoms. The van der Waals surface area contributed by atoms with Crippen molar-refractivity contribution in [3.05, 3.63) is 83.3 Å². The minimum atomic E-state index is -0.284. The standard InChI is InChI=1S/C20H16N2O2S2/c23-18(21-16-11-5-2-6-12-16)14-22-19(24)17(26-20(22)25)13-7-10-15-8-3-1-4-9-15/h1-13H,14H2,(H,21,23)/b10-7+,17-13+. The molecular weight excluding hydrogens is 364 g/mol. The second kappa shape index (κ2) is 8.60. The Labute approximate surface area is 161 Å². The maximum Gasteiger partial charge on any atom is 0.266 e. The van der Waals surface area contributed by atoms with E-state index < -0.39 is 0 Å². The molecule has 0 saturated carbocycles. The summed E-state index contributed by atoms with van der Waals surface area (Å²) in [5, 5.41) is 2.75. The van der Waals surface area contributed by atoms with Crippen molar-refractivity contribution in [3.8, 4) is 0 Å². The molecule has 130 valence electrons. The van der Waals surface area contributed by atoms with E-state index in [1.165, 1.54) is 16.7 Å². The topological polar surface area (TPSA) is 49.4 Å². The summed E-state index contributed by atoms with van der Waals surface area (Å²) in [4.78, 5) is 26.5. The minimum Gasteiger partial charge on any atom is -0.325 e. The van der Waals surface area contributed by atoms with Crippen molar-refractivity contribution in [2.45, 2.75) is 0 Å². The zero-order valence-corrected chi connectivity index (χ0v) is 15.4. The molecule has 0 atom stereocenters. The number of para-hydroxylation sites is 1. The Kier molecular flexibility index (Phi) is 5.99. The van der Waals surface area contributed by atoms with Gasteiger partial charge in [-0.3, -0.25) is 14.5 Å². The van der Waals surface area contributed by atoms with E-state index in [1.807, 2.05) is 60.7 Å². The van der Waals surface area contributed by atoms with Gasteiger partial charge in [0.25, 0.3) is 5.91 Å². The van der Waals surface area contributed by atoms with Crippen LogP contribution in [0.25, 0.3) is 6.08 Å². The molecule has 1 aliphatic heterocycles.